The van der Waals surface area contributed by atoms with Crippen molar-refractivity contribution in [2.75, 3.05) is 0 Å². The van der Waals surface area contributed by atoms with Crippen molar-refractivity contribution in [2.24, 2.45) is 0 Å². The molecule has 32 heavy (non-hydrogen) atoms. The Hall–Kier alpha value is -1.40. The molecule has 1 fully saturated rings. The minimum Gasteiger partial charge on any atom is -0.0587 e. The maximum absolute atomic E-state index is 2.43. The zero-order chi connectivity index (χ0) is 22.2. The summed E-state index contributed by atoms with van der Waals surface area (Å²) in [6.45, 7) is 8.79. The number of rotatable bonds is 4. The van der Waals surface area contributed by atoms with Gasteiger partial charge in [0, 0.05) is 0 Å². The first-order valence-corrected chi connectivity index (χ1v) is 19.2. The zero-order valence-electron chi connectivity index (χ0n) is 19.0. The lowest BCUT2D eigenvalue weighted by Gasteiger charge is -2.53. The van der Waals surface area contributed by atoms with Gasteiger partial charge in [-0.3, -0.25) is 0 Å². The van der Waals surface area contributed by atoms with Crippen molar-refractivity contribution >= 4 is 50.4 Å². The van der Waals surface area contributed by atoms with Crippen molar-refractivity contribution in [1.29, 1.82) is 0 Å². The van der Waals surface area contributed by atoms with Crippen LogP contribution >= 0.6 is 29.2 Å². The molecule has 0 N–H and O–H groups in total. The third-order valence-corrected chi connectivity index (χ3v) is 38.1. The molecule has 0 atom stereocenters. The highest BCUT2D eigenvalue weighted by atomic mass is 33.0. The first kappa shape index (κ1) is 22.4. The molecular formula is C28H28P4. The highest BCUT2D eigenvalue weighted by molar-refractivity contribution is 9.13. The van der Waals surface area contributed by atoms with Crippen LogP contribution < -0.4 is 21.2 Å². The summed E-state index contributed by atoms with van der Waals surface area (Å²) in [5.74, 6) is 0. The minimum atomic E-state index is -0.216. The lowest BCUT2D eigenvalue weighted by Crippen LogP contribution is -2.19. The van der Waals surface area contributed by atoms with E-state index in [4.69, 9.17) is 0 Å². The summed E-state index contributed by atoms with van der Waals surface area (Å²) in [4.78, 5) is 0. The maximum atomic E-state index is 2.43. The van der Waals surface area contributed by atoms with Crippen LogP contribution in [0.2, 0.25) is 0 Å². The van der Waals surface area contributed by atoms with Crippen LogP contribution in [0.5, 0.6) is 0 Å². The van der Waals surface area contributed by atoms with Gasteiger partial charge in [0.25, 0.3) is 0 Å². The molecular weight excluding hydrogens is 460 g/mol. The quantitative estimate of drug-likeness (QED) is 0.255. The smallest absolute Gasteiger partial charge is 0.00563 e. The van der Waals surface area contributed by atoms with E-state index >= 15 is 0 Å². The van der Waals surface area contributed by atoms with Gasteiger partial charge in [0.1, 0.15) is 0 Å². The Morgan fingerprint density at radius 1 is 0.281 bits per heavy atom. The fourth-order valence-electron chi connectivity index (χ4n) is 3.88. The lowest BCUT2D eigenvalue weighted by atomic mass is 10.2. The van der Waals surface area contributed by atoms with E-state index in [1.807, 2.05) is 0 Å². The van der Waals surface area contributed by atoms with Crippen molar-refractivity contribution in [1.82, 2.24) is 0 Å². The summed E-state index contributed by atoms with van der Waals surface area (Å²) >= 11 is 0. The molecule has 1 aliphatic heterocycles. The van der Waals surface area contributed by atoms with Gasteiger partial charge in [-0.25, -0.2) is 0 Å². The van der Waals surface area contributed by atoms with Crippen LogP contribution in [0, 0.1) is 27.7 Å². The summed E-state index contributed by atoms with van der Waals surface area (Å²) in [5.41, 5.74) is 5.41. The van der Waals surface area contributed by atoms with Crippen molar-refractivity contribution in [3.05, 3.63) is 119 Å². The van der Waals surface area contributed by atoms with Crippen molar-refractivity contribution in [2.45, 2.75) is 27.7 Å². The SMILES string of the molecule is Cc1ccc(P2P(c3ccc(C)cc3)P(c3ccc(C)cc3)P2c2ccc(C)cc2)cc1. The van der Waals surface area contributed by atoms with Gasteiger partial charge >= 0.3 is 0 Å². The fraction of sp³-hybridized carbons (Fsp3) is 0.143. The Bertz CT molecular complexity index is 991. The van der Waals surface area contributed by atoms with Crippen LogP contribution in [0.15, 0.2) is 97.1 Å². The van der Waals surface area contributed by atoms with Crippen LogP contribution in [0.4, 0.5) is 0 Å². The highest BCUT2D eigenvalue weighted by Gasteiger charge is 2.52. The summed E-state index contributed by atoms with van der Waals surface area (Å²) in [7, 11) is -0.865. The molecule has 0 amide bonds. The molecule has 0 saturated carbocycles. The summed E-state index contributed by atoms with van der Waals surface area (Å²) < 4.78 is 0. The molecule has 4 heteroatoms. The molecule has 4 aromatic rings. The molecule has 0 aromatic heterocycles. The normalized spacial score (nSPS) is 22.4. The van der Waals surface area contributed by atoms with E-state index in [-0.39, 0.29) is 29.2 Å². The van der Waals surface area contributed by atoms with Gasteiger partial charge in [-0.05, 0) is 78.1 Å². The second kappa shape index (κ2) is 9.46. The molecule has 1 aliphatic rings. The van der Waals surface area contributed by atoms with Crippen LogP contribution in [0.1, 0.15) is 22.3 Å². The monoisotopic (exact) mass is 488 g/mol. The van der Waals surface area contributed by atoms with E-state index in [0.717, 1.165) is 0 Å². The van der Waals surface area contributed by atoms with Crippen molar-refractivity contribution < 1.29 is 0 Å². The number of hydrogen-bond acceptors (Lipinski definition) is 0. The van der Waals surface area contributed by atoms with Gasteiger partial charge < -0.3 is 0 Å². The van der Waals surface area contributed by atoms with Crippen LogP contribution in [0.3, 0.4) is 0 Å². The van der Waals surface area contributed by atoms with Gasteiger partial charge in [-0.1, -0.05) is 119 Å². The first-order valence-electron chi connectivity index (χ1n) is 11.0. The Balaban J connectivity index is 1.67. The maximum Gasteiger partial charge on any atom is -0.00563 e. The largest absolute Gasteiger partial charge is 0.0587 e. The molecule has 1 heterocycles. The predicted octanol–water partition coefficient (Wildman–Crippen LogP) is 8.12. The number of benzene rings is 4. The molecule has 1 saturated heterocycles. The fourth-order valence-corrected chi connectivity index (χ4v) is 41.5. The predicted molar refractivity (Wildman–Crippen MR) is 151 cm³/mol. The van der Waals surface area contributed by atoms with Gasteiger partial charge in [-0.15, -0.1) is 0 Å². The molecule has 0 radical (unpaired) electrons. The van der Waals surface area contributed by atoms with Crippen LogP contribution in [-0.2, 0) is 0 Å². The van der Waals surface area contributed by atoms with E-state index in [2.05, 4.69) is 125 Å². The van der Waals surface area contributed by atoms with Gasteiger partial charge in [-0.2, -0.15) is 0 Å². The van der Waals surface area contributed by atoms with E-state index in [1.165, 1.54) is 22.3 Å². The Morgan fingerprint density at radius 2 is 0.438 bits per heavy atom. The van der Waals surface area contributed by atoms with Crippen molar-refractivity contribution in [3.8, 4) is 0 Å². The topological polar surface area (TPSA) is 0 Å². The lowest BCUT2D eigenvalue weighted by molar-refractivity contribution is 1.49. The minimum absolute atomic E-state index is 0.216. The van der Waals surface area contributed by atoms with Crippen LogP contribution in [0.25, 0.3) is 0 Å². The van der Waals surface area contributed by atoms with E-state index in [9.17, 15) is 0 Å². The average molecular weight is 488 g/mol. The summed E-state index contributed by atoms with van der Waals surface area (Å²) in [6, 6.07) is 37.9. The van der Waals surface area contributed by atoms with Crippen molar-refractivity contribution in [3.63, 3.8) is 0 Å². The standard InChI is InChI=1S/C28H28P4/c1-21-5-13-25(14-6-21)29-30(26-15-7-22(2)8-16-26)32(28-19-11-24(4)12-20-28)31(29)27-17-9-23(3)10-18-27/h5-20H,1-4H3. The average Bonchev–Trinajstić information content (AvgIpc) is 2.78. The third kappa shape index (κ3) is 4.37. The summed E-state index contributed by atoms with van der Waals surface area (Å²) in [6.07, 6.45) is 0. The molecule has 0 aliphatic carbocycles. The van der Waals surface area contributed by atoms with Gasteiger partial charge in [0.05, 0.1) is 0 Å². The molecule has 0 spiro atoms. The molecule has 4 aromatic carbocycles. The highest BCUT2D eigenvalue weighted by Crippen LogP contribution is 3.18. The van der Waals surface area contributed by atoms with E-state index < -0.39 is 0 Å². The number of hydrogen-bond donors (Lipinski definition) is 0. The Morgan fingerprint density at radius 3 is 0.594 bits per heavy atom. The third-order valence-electron chi connectivity index (χ3n) is 5.78. The van der Waals surface area contributed by atoms with E-state index in [0.29, 0.717) is 0 Å². The van der Waals surface area contributed by atoms with Crippen LogP contribution in [-0.4, -0.2) is 0 Å². The Kier molecular flexibility index (Phi) is 6.62. The van der Waals surface area contributed by atoms with E-state index in [1.54, 1.807) is 21.2 Å². The Labute approximate surface area is 197 Å². The van der Waals surface area contributed by atoms with Gasteiger partial charge in [0.15, 0.2) is 0 Å². The molecule has 5 rings (SSSR count). The van der Waals surface area contributed by atoms with Gasteiger partial charge in [0.2, 0.25) is 0 Å². The number of aryl methyl sites for hydroxylation is 4. The summed E-state index contributed by atoms with van der Waals surface area (Å²) in [5, 5.41) is 6.37. The molecule has 160 valence electrons. The first-order chi connectivity index (χ1) is 15.5. The molecule has 0 bridgehead atoms. The zero-order valence-corrected chi connectivity index (χ0v) is 22.6. The second-order valence-corrected chi connectivity index (χ2v) is 26.3. The molecule has 0 nitrogen and oxygen atoms in total. The molecule has 0 unspecified atom stereocenters. The second-order valence-electron chi connectivity index (χ2n) is 8.50.